The molecule has 3 rings (SSSR count). The zero-order valence-electron chi connectivity index (χ0n) is 15.6. The first-order chi connectivity index (χ1) is 12.9. The van der Waals surface area contributed by atoms with E-state index in [9.17, 15) is 9.59 Å². The molecule has 0 unspecified atom stereocenters. The van der Waals surface area contributed by atoms with Gasteiger partial charge in [-0.25, -0.2) is 0 Å². The summed E-state index contributed by atoms with van der Waals surface area (Å²) in [5, 5.41) is 2.95. The van der Waals surface area contributed by atoms with Crippen LogP contribution in [-0.4, -0.2) is 29.8 Å². The number of amides is 2. The van der Waals surface area contributed by atoms with E-state index in [1.54, 1.807) is 12.1 Å². The van der Waals surface area contributed by atoms with Gasteiger partial charge in [-0.15, -0.1) is 0 Å². The molecule has 0 bridgehead atoms. The standard InChI is InChI=1S/C21H26N4O2/c1-14-5-6-17(22)12-19(14)21(27)24-18-4-2-3-15(11-18)13-25-9-7-16(8-10-25)20(23)26/h2-6,11-12,16H,7-10,13,22H2,1H3,(H2,23,26)(H,24,27). The van der Waals surface area contributed by atoms with Gasteiger partial charge in [-0.05, 0) is 68.2 Å². The average molecular weight is 366 g/mol. The second-order valence-electron chi connectivity index (χ2n) is 7.18. The number of hydrogen-bond donors (Lipinski definition) is 3. The first-order valence-corrected chi connectivity index (χ1v) is 9.20. The number of piperidine rings is 1. The van der Waals surface area contributed by atoms with Gasteiger partial charge in [0.2, 0.25) is 5.91 Å². The van der Waals surface area contributed by atoms with Gasteiger partial charge in [0.25, 0.3) is 5.91 Å². The van der Waals surface area contributed by atoms with Gasteiger partial charge in [0.15, 0.2) is 0 Å². The Kier molecular flexibility index (Phi) is 5.76. The summed E-state index contributed by atoms with van der Waals surface area (Å²) in [6, 6.07) is 13.2. The highest BCUT2D eigenvalue weighted by Crippen LogP contribution is 2.21. The Morgan fingerprint density at radius 2 is 1.89 bits per heavy atom. The summed E-state index contributed by atoms with van der Waals surface area (Å²) in [5.41, 5.74) is 15.1. The summed E-state index contributed by atoms with van der Waals surface area (Å²) >= 11 is 0. The van der Waals surface area contributed by atoms with Crippen LogP contribution in [0.5, 0.6) is 0 Å². The molecule has 2 aromatic carbocycles. The quantitative estimate of drug-likeness (QED) is 0.708. The minimum absolute atomic E-state index is 0.00609. The number of nitrogens with two attached hydrogens (primary N) is 2. The lowest BCUT2D eigenvalue weighted by Crippen LogP contribution is -2.38. The zero-order valence-corrected chi connectivity index (χ0v) is 15.6. The van der Waals surface area contributed by atoms with Crippen LogP contribution in [0.25, 0.3) is 0 Å². The summed E-state index contributed by atoms with van der Waals surface area (Å²) in [6.45, 7) is 4.38. The normalized spacial score (nSPS) is 15.4. The van der Waals surface area contributed by atoms with Crippen LogP contribution in [0.2, 0.25) is 0 Å². The van der Waals surface area contributed by atoms with Crippen molar-refractivity contribution < 1.29 is 9.59 Å². The number of hydrogen-bond acceptors (Lipinski definition) is 4. The van der Waals surface area contributed by atoms with E-state index in [0.717, 1.165) is 49.3 Å². The Balaban J connectivity index is 1.63. The van der Waals surface area contributed by atoms with Crippen LogP contribution in [0.1, 0.15) is 34.3 Å². The van der Waals surface area contributed by atoms with Crippen LogP contribution in [-0.2, 0) is 11.3 Å². The Labute approximate surface area is 159 Å². The van der Waals surface area contributed by atoms with Crippen LogP contribution in [0.4, 0.5) is 11.4 Å². The molecule has 0 radical (unpaired) electrons. The molecule has 0 aromatic heterocycles. The third-order valence-corrected chi connectivity index (χ3v) is 5.09. The molecule has 1 fully saturated rings. The van der Waals surface area contributed by atoms with Crippen LogP contribution >= 0.6 is 0 Å². The van der Waals surface area contributed by atoms with E-state index in [1.165, 1.54) is 0 Å². The number of carbonyl (C=O) groups excluding carboxylic acids is 2. The van der Waals surface area contributed by atoms with Gasteiger partial charge < -0.3 is 16.8 Å². The van der Waals surface area contributed by atoms with Gasteiger partial charge in [-0.1, -0.05) is 18.2 Å². The predicted octanol–water partition coefficient (Wildman–Crippen LogP) is 2.53. The molecule has 0 saturated carbocycles. The number of nitrogens with one attached hydrogen (secondary N) is 1. The van der Waals surface area contributed by atoms with E-state index in [4.69, 9.17) is 11.5 Å². The van der Waals surface area contributed by atoms with Crippen molar-refractivity contribution in [3.8, 4) is 0 Å². The maximum Gasteiger partial charge on any atom is 0.256 e. The number of carbonyl (C=O) groups is 2. The minimum Gasteiger partial charge on any atom is -0.399 e. The number of anilines is 2. The zero-order chi connectivity index (χ0) is 19.4. The first-order valence-electron chi connectivity index (χ1n) is 9.20. The molecule has 5 N–H and O–H groups in total. The molecule has 2 amide bonds. The van der Waals surface area contributed by atoms with Crippen molar-refractivity contribution in [2.45, 2.75) is 26.3 Å². The van der Waals surface area contributed by atoms with Gasteiger partial charge in [-0.2, -0.15) is 0 Å². The molecule has 1 saturated heterocycles. The van der Waals surface area contributed by atoms with Crippen LogP contribution in [0, 0.1) is 12.8 Å². The lowest BCUT2D eigenvalue weighted by Gasteiger charge is -2.30. The van der Waals surface area contributed by atoms with E-state index >= 15 is 0 Å². The second-order valence-corrected chi connectivity index (χ2v) is 7.18. The van der Waals surface area contributed by atoms with E-state index in [2.05, 4.69) is 10.2 Å². The highest BCUT2D eigenvalue weighted by atomic mass is 16.2. The lowest BCUT2D eigenvalue weighted by atomic mass is 9.96. The fraction of sp³-hybridized carbons (Fsp3) is 0.333. The molecular weight excluding hydrogens is 340 g/mol. The van der Waals surface area contributed by atoms with E-state index < -0.39 is 0 Å². The Morgan fingerprint density at radius 1 is 1.15 bits per heavy atom. The monoisotopic (exact) mass is 366 g/mol. The minimum atomic E-state index is -0.198. The third kappa shape index (κ3) is 4.86. The average Bonchev–Trinajstić information content (AvgIpc) is 2.64. The van der Waals surface area contributed by atoms with E-state index in [-0.39, 0.29) is 17.7 Å². The van der Waals surface area contributed by atoms with Crippen LogP contribution in [0.3, 0.4) is 0 Å². The molecule has 142 valence electrons. The lowest BCUT2D eigenvalue weighted by molar-refractivity contribution is -0.123. The Bertz CT molecular complexity index is 842. The van der Waals surface area contributed by atoms with Crippen molar-refractivity contribution in [1.82, 2.24) is 4.90 Å². The number of benzene rings is 2. The SMILES string of the molecule is Cc1ccc(N)cc1C(=O)Nc1cccc(CN2CCC(C(N)=O)CC2)c1. The fourth-order valence-electron chi connectivity index (χ4n) is 3.46. The fourth-order valence-corrected chi connectivity index (χ4v) is 3.46. The maximum absolute atomic E-state index is 12.6. The van der Waals surface area contributed by atoms with Gasteiger partial charge in [0.1, 0.15) is 0 Å². The van der Waals surface area contributed by atoms with Gasteiger partial charge in [0, 0.05) is 29.4 Å². The molecule has 0 aliphatic carbocycles. The van der Waals surface area contributed by atoms with Crippen molar-refractivity contribution in [3.05, 3.63) is 59.2 Å². The summed E-state index contributed by atoms with van der Waals surface area (Å²) in [5.74, 6) is -0.371. The number of nitrogen functional groups attached to an aromatic ring is 1. The first kappa shape index (κ1) is 18.9. The number of primary amides is 1. The highest BCUT2D eigenvalue weighted by Gasteiger charge is 2.23. The molecule has 0 spiro atoms. The van der Waals surface area contributed by atoms with Gasteiger partial charge in [0.05, 0.1) is 0 Å². The van der Waals surface area contributed by atoms with Crippen LogP contribution < -0.4 is 16.8 Å². The molecule has 0 atom stereocenters. The molecule has 1 aliphatic heterocycles. The Hall–Kier alpha value is -2.86. The largest absolute Gasteiger partial charge is 0.399 e. The molecule has 6 heteroatoms. The highest BCUT2D eigenvalue weighted by molar-refractivity contribution is 6.05. The smallest absolute Gasteiger partial charge is 0.256 e. The predicted molar refractivity (Wildman–Crippen MR) is 107 cm³/mol. The third-order valence-electron chi connectivity index (χ3n) is 5.09. The van der Waals surface area contributed by atoms with E-state index in [1.807, 2.05) is 37.3 Å². The van der Waals surface area contributed by atoms with Gasteiger partial charge >= 0.3 is 0 Å². The van der Waals surface area contributed by atoms with Crippen LogP contribution in [0.15, 0.2) is 42.5 Å². The van der Waals surface area contributed by atoms with Crippen molar-refractivity contribution in [2.75, 3.05) is 24.1 Å². The Morgan fingerprint density at radius 3 is 2.59 bits per heavy atom. The summed E-state index contributed by atoms with van der Waals surface area (Å²) in [6.07, 6.45) is 1.61. The number of rotatable bonds is 5. The molecule has 1 heterocycles. The molecule has 27 heavy (non-hydrogen) atoms. The summed E-state index contributed by atoms with van der Waals surface area (Å²) in [4.78, 5) is 26.2. The molecule has 1 aliphatic rings. The summed E-state index contributed by atoms with van der Waals surface area (Å²) in [7, 11) is 0. The van der Waals surface area contributed by atoms with Crippen molar-refractivity contribution in [3.63, 3.8) is 0 Å². The molecule has 2 aromatic rings. The van der Waals surface area contributed by atoms with Crippen molar-refractivity contribution in [2.24, 2.45) is 11.7 Å². The summed E-state index contributed by atoms with van der Waals surface area (Å²) < 4.78 is 0. The van der Waals surface area contributed by atoms with Crippen molar-refractivity contribution >= 4 is 23.2 Å². The topological polar surface area (TPSA) is 101 Å². The number of likely N-dealkylation sites (tertiary alicyclic amines) is 1. The second kappa shape index (κ2) is 8.22. The molecule has 6 nitrogen and oxygen atoms in total. The van der Waals surface area contributed by atoms with Crippen molar-refractivity contribution in [1.29, 1.82) is 0 Å². The molecular formula is C21H26N4O2. The number of nitrogens with zero attached hydrogens (tertiary/aromatic N) is 1. The van der Waals surface area contributed by atoms with E-state index in [0.29, 0.717) is 11.3 Å². The maximum atomic E-state index is 12.6. The number of aryl methyl sites for hydroxylation is 1. The van der Waals surface area contributed by atoms with Gasteiger partial charge in [-0.3, -0.25) is 14.5 Å².